The molecule has 2 aliphatic rings. The van der Waals surface area contributed by atoms with Gasteiger partial charge >= 0.3 is 6.03 Å². The van der Waals surface area contributed by atoms with Crippen molar-refractivity contribution in [2.45, 2.75) is 77.0 Å². The molecule has 1 fully saturated rings. The highest BCUT2D eigenvalue weighted by Crippen LogP contribution is 2.39. The molecule has 7 rings (SSSR count). The Morgan fingerprint density at radius 2 is 1.74 bits per heavy atom. The third-order valence-corrected chi connectivity index (χ3v) is 9.24. The minimum atomic E-state index is -0.268. The first-order valence-electron chi connectivity index (χ1n) is 16.2. The fourth-order valence-corrected chi connectivity index (χ4v) is 6.64. The van der Waals surface area contributed by atoms with Crippen molar-refractivity contribution in [2.24, 2.45) is 0 Å². The molecule has 2 N–H and O–H groups in total. The van der Waals surface area contributed by atoms with E-state index in [9.17, 15) is 4.79 Å². The molecule has 4 heterocycles. The van der Waals surface area contributed by atoms with Gasteiger partial charge < -0.3 is 10.1 Å². The highest BCUT2D eigenvalue weighted by Gasteiger charge is 2.31. The minimum Gasteiger partial charge on any atom is -0.484 e. The average molecular weight is 619 g/mol. The van der Waals surface area contributed by atoms with Gasteiger partial charge in [0.2, 0.25) is 0 Å². The van der Waals surface area contributed by atoms with Gasteiger partial charge in [0.1, 0.15) is 17.7 Å². The third-order valence-electron chi connectivity index (χ3n) is 9.24. The maximum Gasteiger partial charge on any atom is 0.320 e. The summed E-state index contributed by atoms with van der Waals surface area (Å²) in [5.74, 6) is 2.36. The molecule has 0 saturated carbocycles. The van der Waals surface area contributed by atoms with Crippen LogP contribution in [-0.4, -0.2) is 48.9 Å². The molecule has 0 spiro atoms. The van der Waals surface area contributed by atoms with Crippen molar-refractivity contribution in [2.75, 3.05) is 18.9 Å². The van der Waals surface area contributed by atoms with Crippen molar-refractivity contribution in [1.29, 1.82) is 0 Å². The van der Waals surface area contributed by atoms with E-state index >= 15 is 0 Å². The average Bonchev–Trinajstić information content (AvgIpc) is 3.77. The number of pyridine rings is 1. The van der Waals surface area contributed by atoms with Crippen LogP contribution in [0, 0.1) is 6.92 Å². The van der Waals surface area contributed by atoms with Crippen LogP contribution in [0.1, 0.15) is 92.9 Å². The summed E-state index contributed by atoms with van der Waals surface area (Å²) in [6.45, 7) is 9.48. The molecule has 3 atom stereocenters. The summed E-state index contributed by atoms with van der Waals surface area (Å²) in [6.07, 6.45) is 5.61. The summed E-state index contributed by atoms with van der Waals surface area (Å²) >= 11 is 0. The molecule has 1 unspecified atom stereocenters. The zero-order valence-electron chi connectivity index (χ0n) is 27.2. The molecular weight excluding hydrogens is 576 g/mol. The van der Waals surface area contributed by atoms with Crippen LogP contribution in [0.4, 0.5) is 10.6 Å². The van der Waals surface area contributed by atoms with Gasteiger partial charge in [0.05, 0.1) is 29.7 Å². The zero-order valence-corrected chi connectivity index (χ0v) is 27.2. The van der Waals surface area contributed by atoms with E-state index in [0.717, 1.165) is 72.0 Å². The Morgan fingerprint density at radius 3 is 2.48 bits per heavy atom. The Hall–Kier alpha value is -4.70. The highest BCUT2D eigenvalue weighted by atomic mass is 16.5. The largest absolute Gasteiger partial charge is 0.484 e. The van der Waals surface area contributed by atoms with Gasteiger partial charge in [-0.15, -0.1) is 10.2 Å². The number of rotatable bonds is 6. The standard InChI is InChI=1S/C36H42N8O2/c1-23-12-14-24(15-13-23)44-33(21-31(41-44)36(2,3)4)38-35(45)37-28-17-18-30(27-10-7-6-9-26(27)28)46-25-16-19-32-39-40-34(43(32)22-25)29-11-8-20-42(29)5/h6-7,9-10,12-16,19,21-22,28-30H,8,11,17-18,20H2,1-5H3,(H2,37,38,45)/t28-,29?,30-/m0/s1. The monoisotopic (exact) mass is 618 g/mol. The molecule has 0 radical (unpaired) electrons. The normalized spacial score (nSPS) is 20.1. The van der Waals surface area contributed by atoms with E-state index in [1.54, 1.807) is 4.68 Å². The molecule has 10 nitrogen and oxygen atoms in total. The molecule has 0 bridgehead atoms. The summed E-state index contributed by atoms with van der Waals surface area (Å²) in [6, 6.07) is 22.1. The van der Waals surface area contributed by atoms with Gasteiger partial charge in [-0.1, -0.05) is 62.7 Å². The lowest BCUT2D eigenvalue weighted by Crippen LogP contribution is -2.36. The Morgan fingerprint density at radius 1 is 0.957 bits per heavy atom. The number of carbonyl (C=O) groups is 1. The second-order valence-corrected chi connectivity index (χ2v) is 13.7. The Balaban J connectivity index is 1.09. The molecule has 46 heavy (non-hydrogen) atoms. The first-order chi connectivity index (χ1) is 22.1. The maximum absolute atomic E-state index is 13.5. The van der Waals surface area contributed by atoms with Crippen LogP contribution in [0.15, 0.2) is 72.9 Å². The number of nitrogens with zero attached hydrogens (tertiary/aromatic N) is 6. The molecule has 1 saturated heterocycles. The van der Waals surface area contributed by atoms with E-state index in [2.05, 4.69) is 77.0 Å². The van der Waals surface area contributed by atoms with Crippen molar-refractivity contribution < 1.29 is 9.53 Å². The minimum absolute atomic E-state index is 0.138. The van der Waals surface area contributed by atoms with E-state index in [4.69, 9.17) is 9.84 Å². The number of fused-ring (bicyclic) bond motifs is 2. The summed E-state index contributed by atoms with van der Waals surface area (Å²) in [7, 11) is 2.14. The second-order valence-electron chi connectivity index (χ2n) is 13.7. The smallest absolute Gasteiger partial charge is 0.320 e. The SMILES string of the molecule is Cc1ccc(-n2nc(C(C)(C)C)cc2NC(=O)N[C@H]2CC[C@H](Oc3ccc4nnc(C5CCCN5C)n4c3)c3ccccc32)cc1. The summed E-state index contributed by atoms with van der Waals surface area (Å²) < 4.78 is 10.5. The lowest BCUT2D eigenvalue weighted by molar-refractivity contribution is 0.171. The molecule has 1 aliphatic carbocycles. The lowest BCUT2D eigenvalue weighted by atomic mass is 9.85. The van der Waals surface area contributed by atoms with Crippen molar-refractivity contribution in [3.8, 4) is 11.4 Å². The number of hydrogen-bond donors (Lipinski definition) is 2. The van der Waals surface area contributed by atoms with E-state index in [1.807, 2.05) is 60.8 Å². The quantitative estimate of drug-likeness (QED) is 0.211. The molecule has 10 heteroatoms. The van der Waals surface area contributed by atoms with Gasteiger partial charge in [-0.3, -0.25) is 14.6 Å². The van der Waals surface area contributed by atoms with Gasteiger partial charge in [0.15, 0.2) is 11.5 Å². The maximum atomic E-state index is 13.5. The van der Waals surface area contributed by atoms with Crippen molar-refractivity contribution in [1.82, 2.24) is 34.6 Å². The number of urea groups is 1. The van der Waals surface area contributed by atoms with E-state index in [1.165, 1.54) is 5.56 Å². The number of aromatic nitrogens is 5. The van der Waals surface area contributed by atoms with Crippen molar-refractivity contribution in [3.05, 3.63) is 101 Å². The topological polar surface area (TPSA) is 102 Å². The van der Waals surface area contributed by atoms with E-state index in [0.29, 0.717) is 5.82 Å². The number of carbonyl (C=O) groups excluding carboxylic acids is 1. The fraction of sp³-hybridized carbons (Fsp3) is 0.389. The van der Waals surface area contributed by atoms with Gasteiger partial charge in [-0.25, -0.2) is 9.48 Å². The fourth-order valence-electron chi connectivity index (χ4n) is 6.64. The molecule has 2 amide bonds. The Bertz CT molecular complexity index is 1870. The summed E-state index contributed by atoms with van der Waals surface area (Å²) in [4.78, 5) is 15.8. The van der Waals surface area contributed by atoms with Crippen molar-refractivity contribution in [3.63, 3.8) is 0 Å². The number of likely N-dealkylation sites (tertiary alicyclic amines) is 1. The molecule has 2 aromatic carbocycles. The second kappa shape index (κ2) is 11.9. The van der Waals surface area contributed by atoms with E-state index in [-0.39, 0.29) is 29.6 Å². The van der Waals surface area contributed by atoms with E-state index < -0.39 is 0 Å². The van der Waals surface area contributed by atoms with Gasteiger partial charge in [0.25, 0.3) is 0 Å². The van der Waals surface area contributed by atoms with Crippen LogP contribution in [0.3, 0.4) is 0 Å². The molecule has 238 valence electrons. The number of amides is 2. The first kappa shape index (κ1) is 30.0. The Kier molecular flexibility index (Phi) is 7.76. The van der Waals surface area contributed by atoms with Crippen LogP contribution in [-0.2, 0) is 5.41 Å². The summed E-state index contributed by atoms with van der Waals surface area (Å²) in [5.41, 5.74) is 5.75. The predicted octanol–water partition coefficient (Wildman–Crippen LogP) is 7.06. The number of ether oxygens (including phenoxy) is 1. The van der Waals surface area contributed by atoms with Gasteiger partial charge in [-0.2, -0.15) is 5.10 Å². The first-order valence-corrected chi connectivity index (χ1v) is 16.2. The molecule has 5 aromatic rings. The Labute approximate surface area is 269 Å². The van der Waals surface area contributed by atoms with Crippen LogP contribution >= 0.6 is 0 Å². The number of aryl methyl sites for hydroxylation is 1. The lowest BCUT2D eigenvalue weighted by Gasteiger charge is -2.32. The number of nitrogens with one attached hydrogen (secondary N) is 2. The van der Waals surface area contributed by atoms with Gasteiger partial charge in [0, 0.05) is 11.5 Å². The van der Waals surface area contributed by atoms with Crippen molar-refractivity contribution >= 4 is 17.5 Å². The zero-order chi connectivity index (χ0) is 32.0. The third kappa shape index (κ3) is 5.85. The van der Waals surface area contributed by atoms with Crippen LogP contribution in [0.5, 0.6) is 5.75 Å². The number of hydrogen-bond acceptors (Lipinski definition) is 6. The van der Waals surface area contributed by atoms with Crippen LogP contribution < -0.4 is 15.4 Å². The highest BCUT2D eigenvalue weighted by molar-refractivity contribution is 5.89. The molecular formula is C36H42N8O2. The summed E-state index contributed by atoms with van der Waals surface area (Å²) in [5, 5.41) is 20.1. The number of anilines is 1. The number of benzene rings is 2. The molecule has 1 aliphatic heterocycles. The molecule has 3 aromatic heterocycles. The van der Waals surface area contributed by atoms with Crippen LogP contribution in [0.25, 0.3) is 11.3 Å². The van der Waals surface area contributed by atoms with Crippen LogP contribution in [0.2, 0.25) is 0 Å². The predicted molar refractivity (Wildman–Crippen MR) is 179 cm³/mol. The van der Waals surface area contributed by atoms with Gasteiger partial charge in [-0.05, 0) is 81.6 Å².